The van der Waals surface area contributed by atoms with Crippen LogP contribution in [0.15, 0.2) is 29.6 Å². The van der Waals surface area contributed by atoms with Crippen LogP contribution in [0.5, 0.6) is 5.75 Å². The maximum atomic E-state index is 13.6. The number of halogens is 1. The summed E-state index contributed by atoms with van der Waals surface area (Å²) in [5.74, 6) is -1.09. The number of phenolic OH excluding ortho intramolecular Hbond substituents is 1. The predicted octanol–water partition coefficient (Wildman–Crippen LogP) is 1.25. The van der Waals surface area contributed by atoms with E-state index in [1.165, 1.54) is 17.4 Å². The van der Waals surface area contributed by atoms with Crippen LogP contribution in [0, 0.1) is 5.82 Å². The summed E-state index contributed by atoms with van der Waals surface area (Å²) in [5, 5.41) is 9.57. The van der Waals surface area contributed by atoms with Crippen molar-refractivity contribution in [2.24, 2.45) is 0 Å². The lowest BCUT2D eigenvalue weighted by molar-refractivity contribution is 0.427. The second-order valence-corrected chi connectivity index (χ2v) is 5.13. The van der Waals surface area contributed by atoms with Gasteiger partial charge in [0.2, 0.25) is 0 Å². The molecular weight excluding hydrogens is 265 g/mol. The van der Waals surface area contributed by atoms with E-state index < -0.39 is 5.82 Å². The van der Waals surface area contributed by atoms with Crippen LogP contribution in [0.4, 0.5) is 4.39 Å². The lowest BCUT2D eigenvalue weighted by Gasteiger charge is -2.04. The van der Waals surface area contributed by atoms with Crippen molar-refractivity contribution >= 4 is 24.0 Å². The van der Waals surface area contributed by atoms with Crippen LogP contribution >= 0.6 is 11.3 Å². The number of allylic oxidation sites excluding steroid dienone is 1. The molecule has 0 fully saturated rings. The van der Waals surface area contributed by atoms with Crippen LogP contribution in [0.2, 0.25) is 0 Å². The number of aromatic hydroxyl groups is 1. The van der Waals surface area contributed by atoms with Crippen molar-refractivity contribution in [3.63, 3.8) is 0 Å². The maximum Gasteiger partial charge on any atom is 0.266 e. The second-order valence-electron chi connectivity index (χ2n) is 3.99. The van der Waals surface area contributed by atoms with Gasteiger partial charge in [0.1, 0.15) is 0 Å². The number of rotatable bonds is 3. The summed E-state index contributed by atoms with van der Waals surface area (Å²) in [5.41, 5.74) is 0.692. The molecular formula is C14H12FNO2S. The van der Waals surface area contributed by atoms with Gasteiger partial charge in [0.25, 0.3) is 5.56 Å². The van der Waals surface area contributed by atoms with Crippen LogP contribution < -0.4 is 14.8 Å². The Kier molecular flexibility index (Phi) is 3.66. The van der Waals surface area contributed by atoms with E-state index in [1.807, 2.05) is 0 Å². The minimum Gasteiger partial charge on any atom is -0.505 e. The van der Waals surface area contributed by atoms with Gasteiger partial charge >= 0.3 is 0 Å². The molecule has 0 saturated heterocycles. The Labute approximate surface area is 112 Å². The fraction of sp³-hybridized carbons (Fsp3) is 0.0714. The first kappa shape index (κ1) is 13.3. The number of nitrogens with one attached hydrogen (secondary N) is 1. The lowest BCUT2D eigenvalue weighted by atomic mass is 10.1. The van der Waals surface area contributed by atoms with E-state index in [0.29, 0.717) is 26.7 Å². The molecule has 0 amide bonds. The summed E-state index contributed by atoms with van der Waals surface area (Å²) in [6.45, 7) is 7.19. The van der Waals surface area contributed by atoms with Crippen LogP contribution in [-0.2, 0) is 6.42 Å². The minimum absolute atomic E-state index is 0.256. The monoisotopic (exact) mass is 277 g/mol. The van der Waals surface area contributed by atoms with Crippen molar-refractivity contribution in [3.05, 3.63) is 61.3 Å². The van der Waals surface area contributed by atoms with Gasteiger partial charge in [0, 0.05) is 5.56 Å². The average Bonchev–Trinajstić information content (AvgIpc) is 2.64. The normalized spacial score (nSPS) is 11.7. The summed E-state index contributed by atoms with van der Waals surface area (Å²) < 4.78 is 14.6. The van der Waals surface area contributed by atoms with Gasteiger partial charge in [0.05, 0.1) is 9.20 Å². The van der Waals surface area contributed by atoms with E-state index in [9.17, 15) is 14.3 Å². The Bertz CT molecular complexity index is 789. The zero-order chi connectivity index (χ0) is 14.0. The molecule has 0 radical (unpaired) electrons. The molecule has 1 aromatic heterocycles. The van der Waals surface area contributed by atoms with E-state index >= 15 is 0 Å². The number of phenols is 1. The predicted molar refractivity (Wildman–Crippen MR) is 75.2 cm³/mol. The maximum absolute atomic E-state index is 13.6. The molecule has 0 aliphatic carbocycles. The summed E-state index contributed by atoms with van der Waals surface area (Å²) in [6, 6.07) is 2.81. The van der Waals surface area contributed by atoms with E-state index in [-0.39, 0.29) is 11.3 Å². The van der Waals surface area contributed by atoms with Crippen LogP contribution in [0.3, 0.4) is 0 Å². The van der Waals surface area contributed by atoms with Crippen molar-refractivity contribution in [2.75, 3.05) is 0 Å². The molecule has 5 heteroatoms. The molecule has 2 aromatic rings. The number of H-pyrrole nitrogens is 1. The Morgan fingerprint density at radius 2 is 2.21 bits per heavy atom. The van der Waals surface area contributed by atoms with E-state index in [2.05, 4.69) is 18.1 Å². The first-order chi connectivity index (χ1) is 9.01. The Hall–Kier alpha value is -2.14. The second kappa shape index (κ2) is 5.24. The fourth-order valence-electron chi connectivity index (χ4n) is 1.71. The van der Waals surface area contributed by atoms with Gasteiger partial charge in [-0.15, -0.1) is 17.9 Å². The fourth-order valence-corrected chi connectivity index (χ4v) is 2.46. The van der Waals surface area contributed by atoms with Crippen molar-refractivity contribution < 1.29 is 9.50 Å². The van der Waals surface area contributed by atoms with Crippen molar-refractivity contribution in [1.82, 2.24) is 4.98 Å². The highest BCUT2D eigenvalue weighted by Crippen LogP contribution is 2.24. The summed E-state index contributed by atoms with van der Waals surface area (Å²) in [6.07, 6.45) is 3.49. The van der Waals surface area contributed by atoms with E-state index in [1.54, 1.807) is 18.2 Å². The molecule has 0 aliphatic rings. The first-order valence-electron chi connectivity index (χ1n) is 5.53. The molecule has 19 heavy (non-hydrogen) atoms. The average molecular weight is 277 g/mol. The Morgan fingerprint density at radius 1 is 1.47 bits per heavy atom. The van der Waals surface area contributed by atoms with Gasteiger partial charge in [-0.25, -0.2) is 4.39 Å². The third-order valence-electron chi connectivity index (χ3n) is 2.54. The molecule has 1 aromatic carbocycles. The van der Waals surface area contributed by atoms with Crippen molar-refractivity contribution in [1.29, 1.82) is 0 Å². The molecule has 3 nitrogen and oxygen atoms in total. The third kappa shape index (κ3) is 2.82. The zero-order valence-electron chi connectivity index (χ0n) is 10.1. The molecule has 2 N–H and O–H groups in total. The van der Waals surface area contributed by atoms with Crippen LogP contribution in [0.1, 0.15) is 11.1 Å². The zero-order valence-corrected chi connectivity index (χ0v) is 10.9. The van der Waals surface area contributed by atoms with Gasteiger partial charge in [0.15, 0.2) is 11.6 Å². The molecule has 1 heterocycles. The topological polar surface area (TPSA) is 53.1 Å². The van der Waals surface area contributed by atoms with Crippen molar-refractivity contribution in [3.8, 4) is 5.75 Å². The Morgan fingerprint density at radius 3 is 2.79 bits per heavy atom. The van der Waals surface area contributed by atoms with Crippen LogP contribution in [0.25, 0.3) is 12.7 Å². The van der Waals surface area contributed by atoms with Gasteiger partial charge in [-0.1, -0.05) is 12.7 Å². The van der Waals surface area contributed by atoms with Gasteiger partial charge in [-0.05, 0) is 30.2 Å². The molecule has 0 unspecified atom stereocenters. The van der Waals surface area contributed by atoms with Gasteiger partial charge < -0.3 is 10.1 Å². The number of benzene rings is 1. The molecule has 2 rings (SSSR count). The highest BCUT2D eigenvalue weighted by atomic mass is 32.1. The number of aromatic nitrogens is 1. The summed E-state index contributed by atoms with van der Waals surface area (Å²) >= 11 is 1.20. The summed E-state index contributed by atoms with van der Waals surface area (Å²) in [7, 11) is 0. The first-order valence-corrected chi connectivity index (χ1v) is 6.35. The molecule has 0 spiro atoms. The lowest BCUT2D eigenvalue weighted by Crippen LogP contribution is -2.19. The van der Waals surface area contributed by atoms with Gasteiger partial charge in [-0.3, -0.25) is 4.79 Å². The Balaban J connectivity index is 2.61. The number of hydrogen-bond acceptors (Lipinski definition) is 3. The minimum atomic E-state index is -0.714. The van der Waals surface area contributed by atoms with Gasteiger partial charge in [-0.2, -0.15) is 0 Å². The smallest absolute Gasteiger partial charge is 0.266 e. The standard InChI is InChI=1S/C14H12FNO2S/c1-3-4-10-5-9(6-11(15)13(10)17)7-12-14(18)16-8(2)19-12/h3,5-7,17H,1-2,4H2,(H,16,18)/b12-7-. The molecule has 0 bridgehead atoms. The molecule has 0 aliphatic heterocycles. The highest BCUT2D eigenvalue weighted by Gasteiger charge is 2.08. The van der Waals surface area contributed by atoms with Crippen LogP contribution in [-0.4, -0.2) is 10.1 Å². The number of thiazole rings is 1. The van der Waals surface area contributed by atoms with Crippen molar-refractivity contribution in [2.45, 2.75) is 6.42 Å². The van der Waals surface area contributed by atoms with E-state index in [4.69, 9.17) is 0 Å². The molecule has 0 atom stereocenters. The molecule has 0 saturated carbocycles. The quantitative estimate of drug-likeness (QED) is 0.830. The number of hydrogen-bond donors (Lipinski definition) is 2. The van der Waals surface area contributed by atoms with E-state index in [0.717, 1.165) is 0 Å². The summed E-state index contributed by atoms with van der Waals surface area (Å²) in [4.78, 5) is 14.1. The third-order valence-corrected chi connectivity index (χ3v) is 3.41. The number of aromatic amines is 1. The SMILES string of the molecule is C=CCc1cc(/C=c2\sc(=C)[nH]c2=O)cc(F)c1O. The molecule has 98 valence electrons. The largest absolute Gasteiger partial charge is 0.505 e. The highest BCUT2D eigenvalue weighted by molar-refractivity contribution is 7.07.